The number of carbonyl (C=O) groups excluding carboxylic acids is 2. The van der Waals surface area contributed by atoms with Crippen LogP contribution >= 0.6 is 0 Å². The summed E-state index contributed by atoms with van der Waals surface area (Å²) in [6.07, 6.45) is 0.729. The van der Waals surface area contributed by atoms with Crippen LogP contribution in [0.25, 0.3) is 0 Å². The van der Waals surface area contributed by atoms with Gasteiger partial charge in [-0.2, -0.15) is 0 Å². The predicted octanol–water partition coefficient (Wildman–Crippen LogP) is 2.74. The summed E-state index contributed by atoms with van der Waals surface area (Å²) in [4.78, 5) is 23.4. The number of hydrogen-bond acceptors (Lipinski definition) is 4. The molecule has 0 aromatic rings. The molecule has 0 aliphatic carbocycles. The predicted molar refractivity (Wildman–Crippen MR) is 73.8 cm³/mol. The van der Waals surface area contributed by atoms with Gasteiger partial charge in [0.1, 0.15) is 6.04 Å². The number of ether oxygens (including phenoxy) is 2. The van der Waals surface area contributed by atoms with Gasteiger partial charge in [-0.05, 0) is 24.7 Å². The van der Waals surface area contributed by atoms with Crippen molar-refractivity contribution in [3.8, 4) is 0 Å². The van der Waals surface area contributed by atoms with Crippen LogP contribution < -0.4 is 5.32 Å². The van der Waals surface area contributed by atoms with Crippen LogP contribution in [-0.2, 0) is 14.3 Å². The van der Waals surface area contributed by atoms with Gasteiger partial charge in [0.2, 0.25) is 0 Å². The lowest BCUT2D eigenvalue weighted by Gasteiger charge is -2.19. The molecule has 0 saturated carbocycles. The largest absolute Gasteiger partial charge is 0.464 e. The summed E-state index contributed by atoms with van der Waals surface area (Å²) in [6, 6.07) is -0.636. The molecule has 0 aliphatic rings. The van der Waals surface area contributed by atoms with Gasteiger partial charge >= 0.3 is 12.1 Å². The van der Waals surface area contributed by atoms with Gasteiger partial charge in [0.25, 0.3) is 0 Å². The van der Waals surface area contributed by atoms with Gasteiger partial charge in [0.15, 0.2) is 0 Å². The third-order valence-electron chi connectivity index (χ3n) is 2.28. The summed E-state index contributed by atoms with van der Waals surface area (Å²) < 4.78 is 10.1. The molecule has 0 saturated heterocycles. The van der Waals surface area contributed by atoms with Gasteiger partial charge in [-0.1, -0.05) is 34.6 Å². The van der Waals surface area contributed by atoms with Crippen LogP contribution in [0.1, 0.15) is 47.5 Å². The van der Waals surface area contributed by atoms with Gasteiger partial charge < -0.3 is 14.8 Å². The Bertz CT molecular complexity index is 277. The Hall–Kier alpha value is -1.26. The molecule has 112 valence electrons. The Morgan fingerprint density at radius 3 is 2.16 bits per heavy atom. The first-order valence-electron chi connectivity index (χ1n) is 6.96. The molecule has 1 atom stereocenters. The number of hydrogen-bond donors (Lipinski definition) is 1. The van der Waals surface area contributed by atoms with E-state index in [4.69, 9.17) is 9.47 Å². The number of rotatable bonds is 8. The summed E-state index contributed by atoms with van der Waals surface area (Å²) in [5.41, 5.74) is 0. The molecular weight excluding hydrogens is 246 g/mol. The average Bonchev–Trinajstić information content (AvgIpc) is 2.31. The van der Waals surface area contributed by atoms with Crippen LogP contribution in [0, 0.1) is 11.8 Å². The molecule has 1 unspecified atom stereocenters. The van der Waals surface area contributed by atoms with Crippen molar-refractivity contribution in [2.75, 3.05) is 13.2 Å². The van der Waals surface area contributed by atoms with Gasteiger partial charge in [-0.3, -0.25) is 0 Å². The Kier molecular flexibility index (Phi) is 9.00. The molecule has 0 radical (unpaired) electrons. The highest BCUT2D eigenvalue weighted by Crippen LogP contribution is 2.08. The summed E-state index contributed by atoms with van der Waals surface area (Å²) in [5.74, 6) is 0.162. The molecule has 0 spiro atoms. The number of nitrogens with one attached hydrogen (secondary N) is 1. The lowest BCUT2D eigenvalue weighted by atomic mass is 10.0. The molecule has 5 nitrogen and oxygen atoms in total. The molecule has 0 bridgehead atoms. The minimum absolute atomic E-state index is 0.274. The Morgan fingerprint density at radius 2 is 1.68 bits per heavy atom. The topological polar surface area (TPSA) is 64.6 Å². The average molecular weight is 273 g/mol. The third kappa shape index (κ3) is 9.33. The second kappa shape index (κ2) is 9.64. The number of amides is 1. The van der Waals surface area contributed by atoms with E-state index in [9.17, 15) is 9.59 Å². The zero-order valence-corrected chi connectivity index (χ0v) is 12.7. The second-order valence-electron chi connectivity index (χ2n) is 5.49. The molecule has 0 rings (SSSR count). The van der Waals surface area contributed by atoms with E-state index in [-0.39, 0.29) is 11.8 Å². The first-order chi connectivity index (χ1) is 8.86. The van der Waals surface area contributed by atoms with E-state index in [1.807, 2.05) is 34.6 Å². The lowest BCUT2D eigenvalue weighted by molar-refractivity contribution is -0.147. The number of esters is 1. The van der Waals surface area contributed by atoms with Crippen LogP contribution in [0.5, 0.6) is 0 Å². The Balaban J connectivity index is 4.36. The van der Waals surface area contributed by atoms with Crippen molar-refractivity contribution in [2.24, 2.45) is 11.8 Å². The van der Waals surface area contributed by atoms with Crippen LogP contribution in [0.2, 0.25) is 0 Å². The molecule has 0 aromatic carbocycles. The molecule has 0 aromatic heterocycles. The fourth-order valence-corrected chi connectivity index (χ4v) is 1.41. The maximum atomic E-state index is 11.9. The highest BCUT2D eigenvalue weighted by Gasteiger charge is 2.24. The van der Waals surface area contributed by atoms with Crippen molar-refractivity contribution in [1.82, 2.24) is 5.32 Å². The highest BCUT2D eigenvalue weighted by atomic mass is 16.6. The zero-order chi connectivity index (χ0) is 14.8. The van der Waals surface area contributed by atoms with Crippen LogP contribution in [0.3, 0.4) is 0 Å². The van der Waals surface area contributed by atoms with E-state index in [0.717, 1.165) is 6.42 Å². The second-order valence-corrected chi connectivity index (χ2v) is 5.49. The SMILES string of the molecule is CCCOC(=O)NC(CC(C)C)C(=O)OCC(C)C. The Morgan fingerprint density at radius 1 is 1.05 bits per heavy atom. The zero-order valence-electron chi connectivity index (χ0n) is 12.7. The normalized spacial score (nSPS) is 12.4. The smallest absolute Gasteiger partial charge is 0.407 e. The lowest BCUT2D eigenvalue weighted by Crippen LogP contribution is -2.43. The Labute approximate surface area is 116 Å². The first-order valence-corrected chi connectivity index (χ1v) is 6.96. The van der Waals surface area contributed by atoms with Gasteiger partial charge in [0.05, 0.1) is 13.2 Å². The monoisotopic (exact) mass is 273 g/mol. The first kappa shape index (κ1) is 17.7. The standard InChI is InChI=1S/C14H27NO4/c1-6-7-18-14(17)15-12(8-10(2)3)13(16)19-9-11(4)5/h10-12H,6-9H2,1-5H3,(H,15,17). The van der Waals surface area contributed by atoms with E-state index < -0.39 is 18.1 Å². The number of alkyl carbamates (subject to hydrolysis) is 1. The minimum atomic E-state index is -0.636. The maximum Gasteiger partial charge on any atom is 0.407 e. The van der Waals surface area contributed by atoms with Gasteiger partial charge in [-0.15, -0.1) is 0 Å². The molecule has 0 fully saturated rings. The van der Waals surface area contributed by atoms with E-state index in [0.29, 0.717) is 19.6 Å². The molecule has 0 aliphatic heterocycles. The van der Waals surface area contributed by atoms with Crippen molar-refractivity contribution in [2.45, 2.75) is 53.5 Å². The minimum Gasteiger partial charge on any atom is -0.464 e. The van der Waals surface area contributed by atoms with Crippen molar-refractivity contribution in [1.29, 1.82) is 0 Å². The van der Waals surface area contributed by atoms with Crippen molar-refractivity contribution < 1.29 is 19.1 Å². The molecule has 1 amide bonds. The summed E-state index contributed by atoms with van der Waals surface area (Å²) in [7, 11) is 0. The van der Waals surface area contributed by atoms with Gasteiger partial charge in [-0.25, -0.2) is 9.59 Å². The van der Waals surface area contributed by atoms with E-state index >= 15 is 0 Å². The van der Waals surface area contributed by atoms with Crippen molar-refractivity contribution in [3.63, 3.8) is 0 Å². The highest BCUT2D eigenvalue weighted by molar-refractivity contribution is 5.81. The summed E-state index contributed by atoms with van der Waals surface area (Å²) in [6.45, 7) is 10.5. The molecule has 5 heteroatoms. The summed E-state index contributed by atoms with van der Waals surface area (Å²) >= 11 is 0. The van der Waals surface area contributed by atoms with E-state index in [1.165, 1.54) is 0 Å². The molecular formula is C14H27NO4. The van der Waals surface area contributed by atoms with Gasteiger partial charge in [0, 0.05) is 0 Å². The van der Waals surface area contributed by atoms with E-state index in [1.54, 1.807) is 0 Å². The quantitative estimate of drug-likeness (QED) is 0.691. The fraction of sp³-hybridized carbons (Fsp3) is 0.857. The molecule has 1 N–H and O–H groups in total. The van der Waals surface area contributed by atoms with Crippen LogP contribution in [-0.4, -0.2) is 31.3 Å². The molecule has 0 heterocycles. The van der Waals surface area contributed by atoms with Crippen molar-refractivity contribution in [3.05, 3.63) is 0 Å². The van der Waals surface area contributed by atoms with Crippen LogP contribution in [0.15, 0.2) is 0 Å². The maximum absolute atomic E-state index is 11.9. The third-order valence-corrected chi connectivity index (χ3v) is 2.28. The fourth-order valence-electron chi connectivity index (χ4n) is 1.41. The van der Waals surface area contributed by atoms with Crippen LogP contribution in [0.4, 0.5) is 4.79 Å². The summed E-state index contributed by atoms with van der Waals surface area (Å²) in [5, 5.41) is 2.57. The number of carbonyl (C=O) groups is 2. The van der Waals surface area contributed by atoms with E-state index in [2.05, 4.69) is 5.32 Å². The van der Waals surface area contributed by atoms with Crippen molar-refractivity contribution >= 4 is 12.1 Å². The molecule has 19 heavy (non-hydrogen) atoms.